The molecule has 2 heterocycles. The second-order valence-corrected chi connectivity index (χ2v) is 16.7. The molecule has 5 aromatic rings. The van der Waals surface area contributed by atoms with Crippen molar-refractivity contribution in [2.45, 2.75) is 52.0 Å². The average molecular weight is 807 g/mol. The Morgan fingerprint density at radius 2 is 1.43 bits per heavy atom. The van der Waals surface area contributed by atoms with Crippen LogP contribution in [0.1, 0.15) is 42.8 Å². The number of hydrogen-bond acceptors (Lipinski definition) is 8. The number of thiazole rings is 1. The Hall–Kier alpha value is -5.90. The van der Waals surface area contributed by atoms with Crippen LogP contribution in [-0.4, -0.2) is 31.7 Å². The molecule has 0 atom stereocenters. The van der Waals surface area contributed by atoms with Gasteiger partial charge in [-0.05, 0) is 117 Å². The van der Waals surface area contributed by atoms with Crippen molar-refractivity contribution in [3.63, 3.8) is 0 Å². The molecule has 0 saturated heterocycles. The van der Waals surface area contributed by atoms with Crippen LogP contribution >= 0.6 is 23.1 Å². The molecule has 0 spiro atoms. The lowest BCUT2D eigenvalue weighted by molar-refractivity contribution is -0.669. The predicted octanol–water partition coefficient (Wildman–Crippen LogP) is 11.3. The number of carbonyl (C=O) groups is 2. The smallest absolute Gasteiger partial charge is 0.333 e. The molecule has 0 amide bonds. The van der Waals surface area contributed by atoms with Gasteiger partial charge in [0.05, 0.1) is 23.0 Å². The largest absolute Gasteiger partial charge is 0.460 e. The van der Waals surface area contributed by atoms with Crippen LogP contribution in [0.4, 0.5) is 17.1 Å². The number of aryl methyl sites for hydroxylation is 2. The lowest BCUT2D eigenvalue weighted by atomic mass is 10.1. The summed E-state index contributed by atoms with van der Waals surface area (Å²) in [5.74, 6) is -0.760. The van der Waals surface area contributed by atoms with Crippen LogP contribution in [0.5, 0.6) is 0 Å². The van der Waals surface area contributed by atoms with Crippen molar-refractivity contribution in [1.29, 1.82) is 0 Å². The summed E-state index contributed by atoms with van der Waals surface area (Å²) in [6.45, 7) is 16.5. The van der Waals surface area contributed by atoms with E-state index >= 15 is 0 Å². The minimum atomic E-state index is -0.380. The molecule has 0 N–H and O–H groups in total. The molecular formula is C49H48N3O4S2+. The van der Waals surface area contributed by atoms with E-state index in [9.17, 15) is 9.59 Å². The molecule has 0 saturated carbocycles. The number of thioether (sulfide) groups is 1. The van der Waals surface area contributed by atoms with Crippen molar-refractivity contribution in [2.24, 2.45) is 0 Å². The molecular weight excluding hydrogens is 759 g/mol. The Balaban J connectivity index is 1.31. The Bertz CT molecular complexity index is 2470. The van der Waals surface area contributed by atoms with Gasteiger partial charge in [0.25, 0.3) is 5.01 Å². The number of aromatic nitrogens is 1. The Morgan fingerprint density at radius 1 is 0.793 bits per heavy atom. The number of nitrogens with zero attached hydrogens (tertiary/aromatic N) is 3. The van der Waals surface area contributed by atoms with Crippen LogP contribution in [-0.2, 0) is 25.6 Å². The highest BCUT2D eigenvalue weighted by molar-refractivity contribution is 8.03. The minimum absolute atomic E-state index is 0.247. The van der Waals surface area contributed by atoms with Crippen LogP contribution in [0.25, 0.3) is 16.3 Å². The molecule has 0 radical (unpaired) electrons. The summed E-state index contributed by atoms with van der Waals surface area (Å²) in [6, 6.07) is 34.0. The highest BCUT2D eigenvalue weighted by Crippen LogP contribution is 2.47. The number of hydrogen-bond donors (Lipinski definition) is 0. The van der Waals surface area contributed by atoms with Crippen molar-refractivity contribution in [2.75, 3.05) is 29.6 Å². The summed E-state index contributed by atoms with van der Waals surface area (Å²) in [5, 5.41) is 2.14. The number of anilines is 3. The molecule has 4 aromatic carbocycles. The van der Waals surface area contributed by atoms with Gasteiger partial charge in [-0.1, -0.05) is 90.9 Å². The van der Waals surface area contributed by atoms with Crippen molar-refractivity contribution >= 4 is 68.4 Å². The summed E-state index contributed by atoms with van der Waals surface area (Å²) >= 11 is 3.46. The van der Waals surface area contributed by atoms with Gasteiger partial charge < -0.3 is 19.3 Å². The van der Waals surface area contributed by atoms with Crippen molar-refractivity contribution in [1.82, 2.24) is 0 Å². The highest BCUT2D eigenvalue weighted by atomic mass is 32.2. The van der Waals surface area contributed by atoms with Crippen LogP contribution in [0.15, 0.2) is 166 Å². The standard InChI is InChI=1S/C49H48N3O4S2/c1-33(2)48(53)55-29-27-50-41-31-35(5)17-23-43(41)57-45(50)25-21-37-19-20-38(47(37)52(39-13-9-7-10-14-39)40-15-11-8-12-16-40)22-26-46-51(28-30-56-49(54)34(3)4)42-32-36(6)18-24-44(42)58-46/h7-18,21-26,31-32H,1,3,19-20,27-30H2,2,4-6H3/q+1. The van der Waals surface area contributed by atoms with E-state index in [4.69, 9.17) is 9.47 Å². The lowest BCUT2D eigenvalue weighted by Gasteiger charge is -2.28. The molecule has 0 unspecified atom stereocenters. The number of fused-ring (bicyclic) bond motifs is 2. The van der Waals surface area contributed by atoms with Crippen LogP contribution in [0.3, 0.4) is 0 Å². The van der Waals surface area contributed by atoms with Gasteiger partial charge in [-0.15, -0.1) is 0 Å². The molecule has 1 aliphatic heterocycles. The summed E-state index contributed by atoms with van der Waals surface area (Å²) in [5.41, 5.74) is 11.1. The topological polar surface area (TPSA) is 63.0 Å². The molecule has 1 aliphatic carbocycles. The highest BCUT2D eigenvalue weighted by Gasteiger charge is 2.29. The van der Waals surface area contributed by atoms with Gasteiger partial charge in [0.2, 0.25) is 5.52 Å². The molecule has 7 nitrogen and oxygen atoms in total. The summed E-state index contributed by atoms with van der Waals surface area (Å²) in [4.78, 5) is 30.3. The van der Waals surface area contributed by atoms with Gasteiger partial charge in [0, 0.05) is 39.6 Å². The number of rotatable bonds is 14. The molecule has 2 aliphatic rings. The van der Waals surface area contributed by atoms with E-state index in [1.807, 2.05) is 12.1 Å². The molecule has 0 fully saturated rings. The second kappa shape index (κ2) is 18.1. The van der Waals surface area contributed by atoms with E-state index < -0.39 is 0 Å². The zero-order valence-electron chi connectivity index (χ0n) is 33.5. The van der Waals surface area contributed by atoms with E-state index in [-0.39, 0.29) is 25.2 Å². The number of benzene rings is 4. The normalized spacial score (nSPS) is 15.1. The quantitative estimate of drug-likeness (QED) is 0.0629. The number of allylic oxidation sites excluding steroid dienone is 5. The first-order chi connectivity index (χ1) is 28.1. The SMILES string of the molecule is C=C(C)C(=O)OCCN1/C(=C/C=C2\CCC(/C=C/c3sc4ccc(C)cc4[n+]3CCOC(=O)C(=C)C)=C2N(c2ccccc2)c2ccccc2)Sc2ccc(C)cc21. The zero-order chi connectivity index (χ0) is 40.8. The molecule has 1 aromatic heterocycles. The Labute approximate surface area is 349 Å². The summed E-state index contributed by atoms with van der Waals surface area (Å²) in [6.07, 6.45) is 10.7. The molecule has 58 heavy (non-hydrogen) atoms. The number of carbonyl (C=O) groups excluding carboxylic acids is 2. The maximum Gasteiger partial charge on any atom is 0.333 e. The fourth-order valence-corrected chi connectivity index (χ4v) is 9.21. The third kappa shape index (κ3) is 9.12. The first-order valence-electron chi connectivity index (χ1n) is 19.4. The summed E-state index contributed by atoms with van der Waals surface area (Å²) in [7, 11) is 0. The van der Waals surface area contributed by atoms with Crippen molar-refractivity contribution in [3.8, 4) is 0 Å². The van der Waals surface area contributed by atoms with E-state index in [0.717, 1.165) is 51.2 Å². The number of esters is 2. The molecule has 294 valence electrons. The first kappa shape index (κ1) is 40.3. The first-order valence-corrected chi connectivity index (χ1v) is 21.1. The lowest BCUT2D eigenvalue weighted by Crippen LogP contribution is -2.37. The Morgan fingerprint density at radius 3 is 2.10 bits per heavy atom. The maximum absolute atomic E-state index is 12.3. The van der Waals surface area contributed by atoms with Gasteiger partial charge in [-0.3, -0.25) is 0 Å². The monoisotopic (exact) mass is 806 g/mol. The van der Waals surface area contributed by atoms with Gasteiger partial charge in [-0.25, -0.2) is 9.59 Å². The van der Waals surface area contributed by atoms with Crippen molar-refractivity contribution < 1.29 is 23.6 Å². The van der Waals surface area contributed by atoms with Crippen LogP contribution in [0.2, 0.25) is 0 Å². The van der Waals surface area contributed by atoms with Gasteiger partial charge >= 0.3 is 11.9 Å². The van der Waals surface area contributed by atoms with Crippen LogP contribution < -0.4 is 14.4 Å². The third-order valence-corrected chi connectivity index (χ3v) is 12.2. The van der Waals surface area contributed by atoms with E-state index in [1.54, 1.807) is 36.9 Å². The fraction of sp³-hybridized carbons (Fsp3) is 0.204. The Kier molecular flexibility index (Phi) is 12.6. The van der Waals surface area contributed by atoms with Gasteiger partial charge in [-0.2, -0.15) is 4.57 Å². The number of ether oxygens (including phenoxy) is 2. The van der Waals surface area contributed by atoms with Crippen LogP contribution in [0, 0.1) is 13.8 Å². The zero-order valence-corrected chi connectivity index (χ0v) is 35.1. The third-order valence-electron chi connectivity index (χ3n) is 9.94. The van der Waals surface area contributed by atoms with Gasteiger partial charge in [0.1, 0.15) is 11.3 Å². The number of para-hydroxylation sites is 2. The predicted molar refractivity (Wildman–Crippen MR) is 239 cm³/mol. The summed E-state index contributed by atoms with van der Waals surface area (Å²) < 4.78 is 14.5. The van der Waals surface area contributed by atoms with E-state index in [0.29, 0.717) is 24.2 Å². The minimum Gasteiger partial charge on any atom is -0.460 e. The van der Waals surface area contributed by atoms with E-state index in [2.05, 4.69) is 151 Å². The molecule has 9 heteroatoms. The maximum atomic E-state index is 12.3. The fourth-order valence-electron chi connectivity index (χ4n) is 7.07. The van der Waals surface area contributed by atoms with Gasteiger partial charge in [0.15, 0.2) is 13.2 Å². The van der Waals surface area contributed by atoms with E-state index in [1.165, 1.54) is 31.9 Å². The van der Waals surface area contributed by atoms with Crippen molar-refractivity contribution in [3.05, 3.63) is 178 Å². The second-order valence-electron chi connectivity index (χ2n) is 14.5. The molecule has 0 bridgehead atoms. The average Bonchev–Trinajstić information content (AvgIpc) is 3.89. The molecule has 7 rings (SSSR count).